The molecule has 0 bridgehead atoms. The lowest BCUT2D eigenvalue weighted by Gasteiger charge is -2.21. The van der Waals surface area contributed by atoms with Gasteiger partial charge in [0.25, 0.3) is 0 Å². The summed E-state index contributed by atoms with van der Waals surface area (Å²) < 4.78 is 0. The summed E-state index contributed by atoms with van der Waals surface area (Å²) >= 11 is 0. The van der Waals surface area contributed by atoms with Crippen molar-refractivity contribution >= 4 is 5.78 Å². The largest absolute Gasteiger partial charge is 0.392 e. The molecule has 0 amide bonds. The number of benzene rings is 1. The van der Waals surface area contributed by atoms with E-state index in [1.807, 2.05) is 24.3 Å². The van der Waals surface area contributed by atoms with E-state index in [1.165, 1.54) is 38.5 Å². The van der Waals surface area contributed by atoms with Crippen LogP contribution < -0.4 is 0 Å². The summed E-state index contributed by atoms with van der Waals surface area (Å²) in [7, 11) is 0. The van der Waals surface area contributed by atoms with Crippen molar-refractivity contribution in [3.8, 4) is 0 Å². The monoisotopic (exact) mass is 274 g/mol. The zero-order valence-electron chi connectivity index (χ0n) is 12.3. The summed E-state index contributed by atoms with van der Waals surface area (Å²) in [6, 6.07) is 7.68. The molecule has 2 nitrogen and oxygen atoms in total. The molecule has 1 saturated carbocycles. The summed E-state index contributed by atoms with van der Waals surface area (Å²) in [5, 5.41) is 9.27. The molecule has 1 N–H and O–H groups in total. The van der Waals surface area contributed by atoms with E-state index >= 15 is 0 Å². The minimum atomic E-state index is 0.0194. The van der Waals surface area contributed by atoms with Crippen LogP contribution in [0, 0.1) is 5.92 Å². The van der Waals surface area contributed by atoms with Crippen LogP contribution in [0.4, 0.5) is 0 Å². The number of aliphatic hydroxyl groups is 1. The molecule has 0 radical (unpaired) electrons. The fourth-order valence-corrected chi connectivity index (χ4v) is 3.25. The van der Waals surface area contributed by atoms with Gasteiger partial charge in [-0.15, -0.1) is 0 Å². The Labute approximate surface area is 122 Å². The molecule has 110 valence electrons. The van der Waals surface area contributed by atoms with E-state index < -0.39 is 0 Å². The molecular weight excluding hydrogens is 248 g/mol. The maximum atomic E-state index is 12.0. The first-order chi connectivity index (χ1) is 9.79. The molecule has 1 aromatic carbocycles. The van der Waals surface area contributed by atoms with Gasteiger partial charge in [0.15, 0.2) is 0 Å². The summed E-state index contributed by atoms with van der Waals surface area (Å²) in [5.74, 6) is 1.17. The first-order valence-electron chi connectivity index (χ1n) is 7.99. The van der Waals surface area contributed by atoms with Gasteiger partial charge in [0.2, 0.25) is 0 Å². The summed E-state index contributed by atoms with van der Waals surface area (Å²) in [5.41, 5.74) is 1.87. The first kappa shape index (κ1) is 15.2. The molecule has 2 heteroatoms. The zero-order valence-corrected chi connectivity index (χ0v) is 12.3. The lowest BCUT2D eigenvalue weighted by Crippen LogP contribution is -2.09. The number of Topliss-reactive ketones (excluding diaryl/α,β-unsaturated/α-hetero) is 1. The second kappa shape index (κ2) is 8.21. The number of carbonyl (C=O) groups is 1. The topological polar surface area (TPSA) is 37.3 Å². The Morgan fingerprint density at radius 3 is 2.50 bits per heavy atom. The number of aliphatic hydroxyl groups excluding tert-OH is 1. The number of hydrogen-bond donors (Lipinski definition) is 1. The number of carbonyl (C=O) groups excluding carboxylic acids is 1. The van der Waals surface area contributed by atoms with Crippen LogP contribution in [0.25, 0.3) is 0 Å². The molecule has 1 fully saturated rings. The lowest BCUT2D eigenvalue weighted by atomic mass is 9.85. The van der Waals surface area contributed by atoms with Crippen molar-refractivity contribution < 1.29 is 9.90 Å². The molecule has 0 aromatic heterocycles. The van der Waals surface area contributed by atoms with Crippen molar-refractivity contribution in [3.05, 3.63) is 35.4 Å². The second-order valence-electron chi connectivity index (χ2n) is 6.04. The molecule has 0 unspecified atom stereocenters. The van der Waals surface area contributed by atoms with Gasteiger partial charge in [-0.2, -0.15) is 0 Å². The average Bonchev–Trinajstić information content (AvgIpc) is 2.49. The predicted octanol–water partition coefficient (Wildman–Crippen LogP) is 4.04. The van der Waals surface area contributed by atoms with Crippen LogP contribution in [-0.2, 0) is 17.8 Å². The van der Waals surface area contributed by atoms with E-state index in [2.05, 4.69) is 0 Å². The summed E-state index contributed by atoms with van der Waals surface area (Å²) in [4.78, 5) is 12.0. The maximum Gasteiger partial charge on any atom is 0.137 e. The van der Waals surface area contributed by atoms with Crippen LogP contribution in [0.15, 0.2) is 24.3 Å². The van der Waals surface area contributed by atoms with Crippen LogP contribution in [0.1, 0.15) is 62.5 Å². The third-order valence-corrected chi connectivity index (χ3v) is 4.47. The van der Waals surface area contributed by atoms with E-state index in [0.29, 0.717) is 18.6 Å². The van der Waals surface area contributed by atoms with Crippen molar-refractivity contribution in [2.24, 2.45) is 5.92 Å². The van der Waals surface area contributed by atoms with Gasteiger partial charge in [-0.25, -0.2) is 0 Å². The average molecular weight is 274 g/mol. The fraction of sp³-hybridized carbons (Fsp3) is 0.611. The Balaban J connectivity index is 1.72. The quantitative estimate of drug-likeness (QED) is 0.814. The minimum absolute atomic E-state index is 0.0194. The van der Waals surface area contributed by atoms with E-state index in [1.54, 1.807) is 0 Å². The molecule has 1 aromatic rings. The Bertz CT molecular complexity index is 419. The molecule has 20 heavy (non-hydrogen) atoms. The molecule has 0 atom stereocenters. The van der Waals surface area contributed by atoms with Crippen LogP contribution in [-0.4, -0.2) is 10.9 Å². The van der Waals surface area contributed by atoms with E-state index in [-0.39, 0.29) is 6.61 Å². The molecule has 0 aliphatic heterocycles. The highest BCUT2D eigenvalue weighted by Crippen LogP contribution is 2.27. The Morgan fingerprint density at radius 2 is 1.80 bits per heavy atom. The van der Waals surface area contributed by atoms with E-state index in [9.17, 15) is 9.90 Å². The van der Waals surface area contributed by atoms with Gasteiger partial charge in [-0.3, -0.25) is 4.79 Å². The normalized spacial score (nSPS) is 16.2. The van der Waals surface area contributed by atoms with Crippen LogP contribution in [0.2, 0.25) is 0 Å². The van der Waals surface area contributed by atoms with Crippen LogP contribution in [0.5, 0.6) is 0 Å². The smallest absolute Gasteiger partial charge is 0.137 e. The molecular formula is C18H26O2. The van der Waals surface area contributed by atoms with Crippen molar-refractivity contribution in [3.63, 3.8) is 0 Å². The Hall–Kier alpha value is -1.15. The Kier molecular flexibility index (Phi) is 6.25. The van der Waals surface area contributed by atoms with Crippen molar-refractivity contribution in [1.82, 2.24) is 0 Å². The van der Waals surface area contributed by atoms with Gasteiger partial charge < -0.3 is 5.11 Å². The van der Waals surface area contributed by atoms with Crippen molar-refractivity contribution in [1.29, 1.82) is 0 Å². The second-order valence-corrected chi connectivity index (χ2v) is 6.04. The minimum Gasteiger partial charge on any atom is -0.392 e. The van der Waals surface area contributed by atoms with Crippen LogP contribution in [0.3, 0.4) is 0 Å². The molecule has 0 spiro atoms. The van der Waals surface area contributed by atoms with Crippen molar-refractivity contribution in [2.75, 3.05) is 0 Å². The maximum absolute atomic E-state index is 12.0. The zero-order chi connectivity index (χ0) is 14.2. The Morgan fingerprint density at radius 1 is 1.10 bits per heavy atom. The molecule has 2 rings (SSSR count). The van der Waals surface area contributed by atoms with Gasteiger partial charge in [-0.05, 0) is 23.5 Å². The standard InChI is InChI=1S/C18H26O2/c19-14-17-11-5-4-10-16(17)13-18(20)12-6-9-15-7-2-1-3-8-15/h4-5,10-11,15,19H,1-3,6-9,12-14H2. The molecule has 1 aliphatic carbocycles. The first-order valence-corrected chi connectivity index (χ1v) is 7.99. The summed E-state index contributed by atoms with van der Waals surface area (Å²) in [6.07, 6.45) is 10.3. The highest BCUT2D eigenvalue weighted by Gasteiger charge is 2.14. The highest BCUT2D eigenvalue weighted by atomic mass is 16.3. The molecule has 0 saturated heterocycles. The SMILES string of the molecule is O=C(CCCC1CCCCC1)Cc1ccccc1CO. The fourth-order valence-electron chi connectivity index (χ4n) is 3.25. The van der Waals surface area contributed by atoms with Crippen molar-refractivity contribution in [2.45, 2.75) is 64.4 Å². The van der Waals surface area contributed by atoms with Gasteiger partial charge >= 0.3 is 0 Å². The molecule has 1 aliphatic rings. The van der Waals surface area contributed by atoms with Gasteiger partial charge in [0.05, 0.1) is 6.61 Å². The summed E-state index contributed by atoms with van der Waals surface area (Å²) in [6.45, 7) is 0.0194. The number of hydrogen-bond acceptors (Lipinski definition) is 2. The van der Waals surface area contributed by atoms with E-state index in [0.717, 1.165) is 23.5 Å². The lowest BCUT2D eigenvalue weighted by molar-refractivity contribution is -0.118. The molecule has 0 heterocycles. The van der Waals surface area contributed by atoms with E-state index in [4.69, 9.17) is 0 Å². The highest BCUT2D eigenvalue weighted by molar-refractivity contribution is 5.81. The van der Waals surface area contributed by atoms with Crippen LogP contribution >= 0.6 is 0 Å². The van der Waals surface area contributed by atoms with Gasteiger partial charge in [-0.1, -0.05) is 62.8 Å². The third kappa shape index (κ3) is 4.75. The van der Waals surface area contributed by atoms with Gasteiger partial charge in [0.1, 0.15) is 5.78 Å². The number of ketones is 1. The third-order valence-electron chi connectivity index (χ3n) is 4.47. The predicted molar refractivity (Wildman–Crippen MR) is 81.5 cm³/mol. The number of rotatable bonds is 7. The van der Waals surface area contributed by atoms with Gasteiger partial charge in [0, 0.05) is 12.8 Å².